The van der Waals surface area contributed by atoms with E-state index in [4.69, 9.17) is 0 Å². The quantitative estimate of drug-likeness (QED) is 0.266. The lowest BCUT2D eigenvalue weighted by Crippen LogP contribution is -1.97. The Labute approximate surface area is 176 Å². The summed E-state index contributed by atoms with van der Waals surface area (Å²) in [6.45, 7) is 0. The third kappa shape index (κ3) is 2.48. The first-order valence-corrected chi connectivity index (χ1v) is 10.5. The van der Waals surface area contributed by atoms with Crippen LogP contribution in [0.25, 0.3) is 44.1 Å². The lowest BCUT2D eigenvalue weighted by molar-refractivity contribution is 1.12. The van der Waals surface area contributed by atoms with Crippen LogP contribution in [0.2, 0.25) is 0 Å². The fourth-order valence-corrected chi connectivity index (χ4v) is 4.71. The second-order valence-corrected chi connectivity index (χ2v) is 8.17. The van der Waals surface area contributed by atoms with Crippen molar-refractivity contribution in [1.82, 2.24) is 9.13 Å². The Morgan fingerprint density at radius 3 is 2.07 bits per heavy atom. The lowest BCUT2D eigenvalue weighted by atomic mass is 10.1. The summed E-state index contributed by atoms with van der Waals surface area (Å²) in [6.07, 6.45) is 2.17. The van der Waals surface area contributed by atoms with Gasteiger partial charge in [0, 0.05) is 38.2 Å². The van der Waals surface area contributed by atoms with Crippen molar-refractivity contribution in [3.63, 3.8) is 0 Å². The Hall–Kier alpha value is -3.30. The minimum atomic E-state index is 1.09. The Balaban J connectivity index is 1.86. The van der Waals surface area contributed by atoms with Crippen molar-refractivity contribution >= 4 is 48.6 Å². The van der Waals surface area contributed by atoms with Gasteiger partial charge in [0.15, 0.2) is 0 Å². The van der Waals surface area contributed by atoms with Gasteiger partial charge in [-0.25, -0.2) is 0 Å². The summed E-state index contributed by atoms with van der Waals surface area (Å²) in [6, 6.07) is 34.4. The number of halogens is 1. The largest absolute Gasteiger partial charge is 0.315 e. The average Bonchev–Trinajstić information content (AvgIpc) is 3.34. The summed E-state index contributed by atoms with van der Waals surface area (Å²) in [5.41, 5.74) is 6.01. The van der Waals surface area contributed by atoms with Crippen molar-refractivity contribution in [2.24, 2.45) is 0 Å². The highest BCUT2D eigenvalue weighted by atomic mass is 79.9. The van der Waals surface area contributed by atoms with E-state index in [1.165, 1.54) is 44.1 Å². The van der Waals surface area contributed by atoms with E-state index in [1.807, 2.05) is 0 Å². The van der Waals surface area contributed by atoms with E-state index in [2.05, 4.69) is 128 Å². The minimum Gasteiger partial charge on any atom is -0.315 e. The highest BCUT2D eigenvalue weighted by Gasteiger charge is 2.17. The van der Waals surface area contributed by atoms with Crippen LogP contribution in [0.3, 0.4) is 0 Å². The van der Waals surface area contributed by atoms with Gasteiger partial charge in [0.25, 0.3) is 0 Å². The first kappa shape index (κ1) is 16.6. The summed E-state index contributed by atoms with van der Waals surface area (Å²) in [5, 5.41) is 3.75. The van der Waals surface area contributed by atoms with Gasteiger partial charge in [-0.3, -0.25) is 0 Å². The summed E-state index contributed by atoms with van der Waals surface area (Å²) in [5.74, 6) is 0. The van der Waals surface area contributed by atoms with E-state index >= 15 is 0 Å². The normalized spacial score (nSPS) is 11.6. The van der Waals surface area contributed by atoms with E-state index in [9.17, 15) is 0 Å². The van der Waals surface area contributed by atoms with Gasteiger partial charge in [-0.15, -0.1) is 0 Å². The lowest BCUT2D eigenvalue weighted by Gasteiger charge is -2.11. The van der Waals surface area contributed by atoms with Gasteiger partial charge in [-0.1, -0.05) is 64.5 Å². The summed E-state index contributed by atoms with van der Waals surface area (Å²) in [4.78, 5) is 0. The molecule has 2 aromatic heterocycles. The van der Waals surface area contributed by atoms with Crippen molar-refractivity contribution in [2.75, 3.05) is 0 Å². The van der Waals surface area contributed by atoms with Gasteiger partial charge in [0.05, 0.1) is 16.6 Å². The molecular weight excluding hydrogens is 420 g/mol. The predicted molar refractivity (Wildman–Crippen MR) is 125 cm³/mol. The van der Waals surface area contributed by atoms with Crippen molar-refractivity contribution in [1.29, 1.82) is 0 Å². The summed E-state index contributed by atoms with van der Waals surface area (Å²) in [7, 11) is 0. The number of aromatic nitrogens is 2. The fraction of sp³-hybridized carbons (Fsp3) is 0. The Morgan fingerprint density at radius 1 is 0.586 bits per heavy atom. The van der Waals surface area contributed by atoms with Crippen molar-refractivity contribution in [3.05, 3.63) is 108 Å². The molecule has 6 aromatic rings. The fourth-order valence-electron chi connectivity index (χ4n) is 4.34. The topological polar surface area (TPSA) is 9.86 Å². The van der Waals surface area contributed by atoms with E-state index in [0.29, 0.717) is 0 Å². The number of benzene rings is 4. The molecule has 0 fully saturated rings. The Kier molecular flexibility index (Phi) is 3.65. The van der Waals surface area contributed by atoms with Gasteiger partial charge in [-0.05, 0) is 48.5 Å². The van der Waals surface area contributed by atoms with Crippen LogP contribution in [-0.4, -0.2) is 9.13 Å². The van der Waals surface area contributed by atoms with Gasteiger partial charge in [0.2, 0.25) is 0 Å². The molecule has 2 nitrogen and oxygen atoms in total. The molecule has 0 N–H and O–H groups in total. The van der Waals surface area contributed by atoms with Gasteiger partial charge >= 0.3 is 0 Å². The highest BCUT2D eigenvalue weighted by molar-refractivity contribution is 9.10. The molecule has 0 aliphatic carbocycles. The summed E-state index contributed by atoms with van der Waals surface area (Å²) < 4.78 is 5.78. The van der Waals surface area contributed by atoms with Gasteiger partial charge in [-0.2, -0.15) is 0 Å². The van der Waals surface area contributed by atoms with Crippen LogP contribution >= 0.6 is 15.9 Å². The van der Waals surface area contributed by atoms with Crippen molar-refractivity contribution in [3.8, 4) is 11.4 Å². The van der Waals surface area contributed by atoms with Crippen LogP contribution in [-0.2, 0) is 0 Å². The standard InChI is InChI=1S/C26H17BrN2/c27-19-12-14-24-23(17-19)22-13-11-18-15-16-28(20-7-3-1-4-8-20)25(18)26(22)29(24)21-9-5-2-6-10-21/h1-17H. The number of fused-ring (bicyclic) bond motifs is 5. The molecule has 29 heavy (non-hydrogen) atoms. The average molecular weight is 437 g/mol. The maximum atomic E-state index is 3.66. The third-order valence-electron chi connectivity index (χ3n) is 5.59. The molecule has 0 bridgehead atoms. The summed E-state index contributed by atoms with van der Waals surface area (Å²) >= 11 is 3.66. The molecule has 0 amide bonds. The molecule has 0 unspecified atom stereocenters. The van der Waals surface area contributed by atoms with Crippen LogP contribution in [0.5, 0.6) is 0 Å². The van der Waals surface area contributed by atoms with E-state index in [1.54, 1.807) is 0 Å². The molecule has 2 heterocycles. The molecule has 0 aliphatic heterocycles. The highest BCUT2D eigenvalue weighted by Crippen LogP contribution is 2.38. The Morgan fingerprint density at radius 2 is 1.31 bits per heavy atom. The van der Waals surface area contributed by atoms with Crippen LogP contribution in [0.15, 0.2) is 108 Å². The molecule has 0 aliphatic rings. The molecule has 0 saturated heterocycles. The molecule has 6 rings (SSSR count). The zero-order valence-electron chi connectivity index (χ0n) is 15.6. The smallest absolute Gasteiger partial charge is 0.0788 e. The zero-order chi connectivity index (χ0) is 19.4. The molecular formula is C26H17BrN2. The van der Waals surface area contributed by atoms with Crippen molar-refractivity contribution < 1.29 is 0 Å². The number of hydrogen-bond donors (Lipinski definition) is 0. The SMILES string of the molecule is Brc1ccc2c(c1)c1ccc3ccn(-c4ccccc4)c3c1n2-c1ccccc1. The van der Waals surface area contributed by atoms with Gasteiger partial charge in [0.1, 0.15) is 0 Å². The molecule has 0 radical (unpaired) electrons. The third-order valence-corrected chi connectivity index (χ3v) is 6.08. The molecule has 138 valence electrons. The van der Waals surface area contributed by atoms with E-state index in [0.717, 1.165) is 4.47 Å². The predicted octanol–water partition coefficient (Wildman–Crippen LogP) is 7.49. The number of hydrogen-bond acceptors (Lipinski definition) is 0. The van der Waals surface area contributed by atoms with Crippen LogP contribution < -0.4 is 0 Å². The maximum absolute atomic E-state index is 3.66. The Bertz CT molecular complexity index is 1490. The van der Waals surface area contributed by atoms with Crippen LogP contribution in [0, 0.1) is 0 Å². The minimum absolute atomic E-state index is 1.09. The zero-order valence-corrected chi connectivity index (χ0v) is 17.2. The van der Waals surface area contributed by atoms with Crippen molar-refractivity contribution in [2.45, 2.75) is 0 Å². The number of nitrogens with zero attached hydrogens (tertiary/aromatic N) is 2. The van der Waals surface area contributed by atoms with E-state index in [-0.39, 0.29) is 0 Å². The molecule has 3 heteroatoms. The van der Waals surface area contributed by atoms with Gasteiger partial charge < -0.3 is 9.13 Å². The molecule has 0 saturated carbocycles. The number of para-hydroxylation sites is 2. The van der Waals surface area contributed by atoms with Crippen LogP contribution in [0.4, 0.5) is 0 Å². The van der Waals surface area contributed by atoms with Crippen LogP contribution in [0.1, 0.15) is 0 Å². The number of rotatable bonds is 2. The molecule has 4 aromatic carbocycles. The monoisotopic (exact) mass is 436 g/mol. The molecule has 0 atom stereocenters. The maximum Gasteiger partial charge on any atom is 0.0788 e. The second kappa shape index (κ2) is 6.36. The molecule has 0 spiro atoms. The first-order valence-electron chi connectivity index (χ1n) is 9.66. The van der Waals surface area contributed by atoms with E-state index < -0.39 is 0 Å². The second-order valence-electron chi connectivity index (χ2n) is 7.25. The first-order chi connectivity index (χ1) is 14.3.